The molecule has 0 saturated heterocycles. The van der Waals surface area contributed by atoms with Gasteiger partial charge in [-0.25, -0.2) is 0 Å². The standard InChI is InChI=1S/C19H19N3O7/c1-13(23)28-10-4-8-20-18(24)16(21-19(25)17-7-3-9-29-17)12-14-5-2-6-15(11-14)22(26)27/h2-3,5-7,9,11-12H,4,8,10H2,1H3,(H,20,24)(H,21,25). The van der Waals surface area contributed by atoms with Crippen LogP contribution >= 0.6 is 0 Å². The third-order valence-corrected chi connectivity index (χ3v) is 3.54. The molecule has 0 saturated carbocycles. The zero-order valence-corrected chi connectivity index (χ0v) is 15.5. The van der Waals surface area contributed by atoms with E-state index in [1.54, 1.807) is 6.07 Å². The predicted octanol–water partition coefficient (Wildman–Crippen LogP) is 2.03. The Labute approximate surface area is 165 Å². The largest absolute Gasteiger partial charge is 0.466 e. The molecule has 2 rings (SSSR count). The Kier molecular flexibility index (Phi) is 7.66. The normalized spacial score (nSPS) is 10.9. The molecule has 1 heterocycles. The van der Waals surface area contributed by atoms with Gasteiger partial charge in [0.2, 0.25) is 0 Å². The summed E-state index contributed by atoms with van der Waals surface area (Å²) in [6, 6.07) is 8.55. The maximum Gasteiger partial charge on any atom is 0.302 e. The zero-order valence-electron chi connectivity index (χ0n) is 15.5. The van der Waals surface area contributed by atoms with E-state index < -0.39 is 22.7 Å². The number of carbonyl (C=O) groups is 3. The second kappa shape index (κ2) is 10.4. The molecule has 152 valence electrons. The van der Waals surface area contributed by atoms with Gasteiger partial charge in [-0.2, -0.15) is 0 Å². The Balaban J connectivity index is 2.15. The Bertz CT molecular complexity index is 920. The second-order valence-corrected chi connectivity index (χ2v) is 5.79. The number of ether oxygens (including phenoxy) is 1. The number of non-ortho nitro benzene ring substituents is 1. The van der Waals surface area contributed by atoms with Crippen LogP contribution in [0.3, 0.4) is 0 Å². The summed E-state index contributed by atoms with van der Waals surface area (Å²) in [4.78, 5) is 45.9. The molecule has 0 radical (unpaired) electrons. The highest BCUT2D eigenvalue weighted by Gasteiger charge is 2.16. The lowest BCUT2D eigenvalue weighted by Gasteiger charge is -2.10. The first kappa shape index (κ1) is 21.4. The average molecular weight is 401 g/mol. The summed E-state index contributed by atoms with van der Waals surface area (Å²) >= 11 is 0. The maximum atomic E-state index is 12.5. The molecule has 2 N–H and O–H groups in total. The van der Waals surface area contributed by atoms with Crippen LogP contribution < -0.4 is 10.6 Å². The Morgan fingerprint density at radius 1 is 1.24 bits per heavy atom. The van der Waals surface area contributed by atoms with E-state index in [1.165, 1.54) is 49.6 Å². The molecule has 0 aliphatic heterocycles. The highest BCUT2D eigenvalue weighted by Crippen LogP contribution is 2.15. The lowest BCUT2D eigenvalue weighted by molar-refractivity contribution is -0.384. The summed E-state index contributed by atoms with van der Waals surface area (Å²) < 4.78 is 9.78. The molecule has 10 nitrogen and oxygen atoms in total. The fourth-order valence-electron chi connectivity index (χ4n) is 2.23. The molecule has 2 amide bonds. The molecule has 2 aromatic rings. The number of nitrogens with zero attached hydrogens (tertiary/aromatic N) is 1. The fourth-order valence-corrected chi connectivity index (χ4v) is 2.23. The number of nitro groups is 1. The van der Waals surface area contributed by atoms with Crippen molar-refractivity contribution in [2.45, 2.75) is 13.3 Å². The second-order valence-electron chi connectivity index (χ2n) is 5.79. The van der Waals surface area contributed by atoms with E-state index in [1.807, 2.05) is 0 Å². The summed E-state index contributed by atoms with van der Waals surface area (Å²) in [5.74, 6) is -1.69. The number of hydrogen-bond donors (Lipinski definition) is 2. The van der Waals surface area contributed by atoms with Crippen molar-refractivity contribution < 1.29 is 28.5 Å². The minimum absolute atomic E-state index is 0.00222. The number of furan rings is 1. The van der Waals surface area contributed by atoms with Gasteiger partial charge < -0.3 is 19.8 Å². The molecule has 10 heteroatoms. The van der Waals surface area contributed by atoms with Crippen molar-refractivity contribution in [1.29, 1.82) is 0 Å². The third kappa shape index (κ3) is 6.94. The first-order valence-electron chi connectivity index (χ1n) is 8.59. The van der Waals surface area contributed by atoms with E-state index in [2.05, 4.69) is 10.6 Å². The molecule has 0 atom stereocenters. The molecule has 1 aromatic heterocycles. The zero-order chi connectivity index (χ0) is 21.2. The Hall–Kier alpha value is -3.95. The summed E-state index contributed by atoms with van der Waals surface area (Å²) in [5, 5.41) is 16.0. The number of nitrogens with one attached hydrogen (secondary N) is 2. The Morgan fingerprint density at radius 3 is 2.69 bits per heavy atom. The lowest BCUT2D eigenvalue weighted by atomic mass is 10.1. The summed E-state index contributed by atoms with van der Waals surface area (Å²) in [6.07, 6.45) is 3.00. The average Bonchev–Trinajstić information content (AvgIpc) is 3.22. The number of nitro benzene ring substituents is 1. The van der Waals surface area contributed by atoms with Gasteiger partial charge in [-0.1, -0.05) is 12.1 Å². The van der Waals surface area contributed by atoms with Gasteiger partial charge >= 0.3 is 5.97 Å². The van der Waals surface area contributed by atoms with Gasteiger partial charge in [-0.3, -0.25) is 24.5 Å². The molecule has 0 fully saturated rings. The topological polar surface area (TPSA) is 141 Å². The minimum atomic E-state index is -0.651. The molecule has 29 heavy (non-hydrogen) atoms. The van der Waals surface area contributed by atoms with Crippen LogP contribution in [0.5, 0.6) is 0 Å². The number of benzene rings is 1. The lowest BCUT2D eigenvalue weighted by Crippen LogP contribution is -2.35. The number of rotatable bonds is 9. The van der Waals surface area contributed by atoms with Gasteiger partial charge in [0, 0.05) is 25.6 Å². The highest BCUT2D eigenvalue weighted by molar-refractivity contribution is 6.04. The monoisotopic (exact) mass is 401 g/mol. The number of carbonyl (C=O) groups excluding carboxylic acids is 3. The smallest absolute Gasteiger partial charge is 0.302 e. The van der Waals surface area contributed by atoms with Gasteiger partial charge in [-0.15, -0.1) is 0 Å². The van der Waals surface area contributed by atoms with Gasteiger partial charge in [0.05, 0.1) is 17.8 Å². The van der Waals surface area contributed by atoms with E-state index in [0.717, 1.165) is 0 Å². The van der Waals surface area contributed by atoms with Gasteiger partial charge in [0.1, 0.15) is 5.70 Å². The minimum Gasteiger partial charge on any atom is -0.466 e. The predicted molar refractivity (Wildman–Crippen MR) is 102 cm³/mol. The number of esters is 1. The van der Waals surface area contributed by atoms with Crippen molar-refractivity contribution in [2.75, 3.05) is 13.2 Å². The van der Waals surface area contributed by atoms with E-state index in [4.69, 9.17) is 9.15 Å². The van der Waals surface area contributed by atoms with Crippen molar-refractivity contribution >= 4 is 29.5 Å². The molecule has 0 unspecified atom stereocenters. The first-order chi connectivity index (χ1) is 13.9. The molecular weight excluding hydrogens is 382 g/mol. The quantitative estimate of drug-likeness (QED) is 0.215. The molecule has 1 aromatic carbocycles. The maximum absolute atomic E-state index is 12.5. The van der Waals surface area contributed by atoms with Crippen molar-refractivity contribution in [3.63, 3.8) is 0 Å². The van der Waals surface area contributed by atoms with Gasteiger partial charge in [-0.05, 0) is 30.2 Å². The molecule has 0 spiro atoms. The molecule has 0 aliphatic carbocycles. The first-order valence-corrected chi connectivity index (χ1v) is 8.59. The highest BCUT2D eigenvalue weighted by atomic mass is 16.6. The summed E-state index contributed by atoms with van der Waals surface area (Å²) in [7, 11) is 0. The van der Waals surface area contributed by atoms with Crippen LogP contribution in [0.15, 0.2) is 52.8 Å². The summed E-state index contributed by atoms with van der Waals surface area (Å²) in [5.41, 5.74) is 0.0700. The number of hydrogen-bond acceptors (Lipinski definition) is 7. The van der Waals surface area contributed by atoms with E-state index in [-0.39, 0.29) is 30.3 Å². The van der Waals surface area contributed by atoms with Crippen LogP contribution in [0.4, 0.5) is 5.69 Å². The van der Waals surface area contributed by atoms with Crippen LogP contribution in [-0.4, -0.2) is 35.9 Å². The summed E-state index contributed by atoms with van der Waals surface area (Å²) in [6.45, 7) is 1.61. The van der Waals surface area contributed by atoms with Gasteiger partial charge in [0.15, 0.2) is 5.76 Å². The van der Waals surface area contributed by atoms with Crippen molar-refractivity contribution in [1.82, 2.24) is 10.6 Å². The van der Waals surface area contributed by atoms with Gasteiger partial charge in [0.25, 0.3) is 17.5 Å². The van der Waals surface area contributed by atoms with E-state index in [0.29, 0.717) is 12.0 Å². The van der Waals surface area contributed by atoms with Crippen LogP contribution in [0.1, 0.15) is 29.5 Å². The van der Waals surface area contributed by atoms with Crippen molar-refractivity contribution in [2.24, 2.45) is 0 Å². The van der Waals surface area contributed by atoms with Crippen LogP contribution in [0.25, 0.3) is 6.08 Å². The fraction of sp³-hybridized carbons (Fsp3) is 0.211. The van der Waals surface area contributed by atoms with Crippen molar-refractivity contribution in [3.8, 4) is 0 Å². The van der Waals surface area contributed by atoms with Crippen molar-refractivity contribution in [3.05, 3.63) is 69.8 Å². The molecule has 0 aliphatic rings. The van der Waals surface area contributed by atoms with Crippen LogP contribution in [0.2, 0.25) is 0 Å². The van der Waals surface area contributed by atoms with Crippen LogP contribution in [-0.2, 0) is 14.3 Å². The van der Waals surface area contributed by atoms with Crippen LogP contribution in [0, 0.1) is 10.1 Å². The third-order valence-electron chi connectivity index (χ3n) is 3.54. The Morgan fingerprint density at radius 2 is 2.03 bits per heavy atom. The van der Waals surface area contributed by atoms with E-state index in [9.17, 15) is 24.5 Å². The molecular formula is C19H19N3O7. The molecule has 0 bridgehead atoms. The SMILES string of the molecule is CC(=O)OCCCNC(=O)C(=Cc1cccc([N+](=O)[O-])c1)NC(=O)c1ccco1. The van der Waals surface area contributed by atoms with E-state index >= 15 is 0 Å². The number of amides is 2.